The Labute approximate surface area is 70.8 Å². The molecule has 12 heavy (non-hydrogen) atoms. The largest absolute Gasteiger partial charge is 0.390 e. The maximum Gasteiger partial charge on any atom is 0.390 e. The number of rotatable bonds is 2. The first-order chi connectivity index (χ1) is 5.49. The molecule has 0 aliphatic carbocycles. The summed E-state index contributed by atoms with van der Waals surface area (Å²) in [6, 6.07) is 0. The average molecular weight is 196 g/mol. The number of hydrogen-bond acceptors (Lipinski definition) is 2. The minimum absolute atomic E-state index is 0.152. The van der Waals surface area contributed by atoms with Crippen molar-refractivity contribution in [2.24, 2.45) is 0 Å². The number of nitrogens with zero attached hydrogens (tertiary/aromatic N) is 1. The summed E-state index contributed by atoms with van der Waals surface area (Å²) in [5.74, 6) is 0. The molecule has 0 unspecified atom stereocenters. The van der Waals surface area contributed by atoms with Crippen molar-refractivity contribution in [3.8, 4) is 0 Å². The number of aryl methyl sites for hydroxylation is 1. The van der Waals surface area contributed by atoms with Crippen molar-refractivity contribution in [1.82, 2.24) is 4.57 Å². The van der Waals surface area contributed by atoms with Crippen LogP contribution in [-0.2, 0) is 6.54 Å². The maximum absolute atomic E-state index is 11.7. The standard InChI is InChI=1S/C6H7F3N2S/c7-6(8,9)1-2-11-3-4-12-5(11)10/h3-4,10H,1-2H2. The van der Waals surface area contributed by atoms with Crippen LogP contribution >= 0.6 is 11.3 Å². The first kappa shape index (κ1) is 9.31. The van der Waals surface area contributed by atoms with E-state index >= 15 is 0 Å². The van der Waals surface area contributed by atoms with Crippen molar-refractivity contribution in [2.45, 2.75) is 19.1 Å². The van der Waals surface area contributed by atoms with E-state index in [0.29, 0.717) is 0 Å². The molecule has 1 rings (SSSR count). The fourth-order valence-electron chi connectivity index (χ4n) is 0.727. The molecule has 1 N–H and O–H groups in total. The van der Waals surface area contributed by atoms with E-state index in [9.17, 15) is 13.2 Å². The van der Waals surface area contributed by atoms with Gasteiger partial charge in [-0.3, -0.25) is 5.41 Å². The van der Waals surface area contributed by atoms with Crippen molar-refractivity contribution < 1.29 is 13.2 Å². The smallest absolute Gasteiger partial charge is 0.324 e. The van der Waals surface area contributed by atoms with Crippen LogP contribution in [0.1, 0.15) is 6.42 Å². The summed E-state index contributed by atoms with van der Waals surface area (Å²) in [6.45, 7) is -0.161. The van der Waals surface area contributed by atoms with Gasteiger partial charge in [0.1, 0.15) is 0 Å². The van der Waals surface area contributed by atoms with Gasteiger partial charge >= 0.3 is 6.18 Å². The van der Waals surface area contributed by atoms with Crippen LogP contribution in [0.25, 0.3) is 0 Å². The van der Waals surface area contributed by atoms with Gasteiger partial charge in [-0.15, -0.1) is 11.3 Å². The van der Waals surface area contributed by atoms with Crippen molar-refractivity contribution in [2.75, 3.05) is 0 Å². The number of aromatic nitrogens is 1. The molecule has 0 saturated heterocycles. The van der Waals surface area contributed by atoms with Crippen molar-refractivity contribution in [3.05, 3.63) is 16.4 Å². The zero-order chi connectivity index (χ0) is 9.19. The Kier molecular flexibility index (Phi) is 2.56. The normalized spacial score (nSPS) is 11.9. The van der Waals surface area contributed by atoms with Crippen LogP contribution in [0.15, 0.2) is 11.6 Å². The molecule has 1 aromatic heterocycles. The number of thiazole rings is 1. The molecule has 0 spiro atoms. The zero-order valence-corrected chi connectivity index (χ0v) is 6.87. The first-order valence-electron chi connectivity index (χ1n) is 3.24. The van der Waals surface area contributed by atoms with Crippen LogP contribution in [0.3, 0.4) is 0 Å². The van der Waals surface area contributed by atoms with Crippen molar-refractivity contribution in [1.29, 1.82) is 5.41 Å². The second kappa shape index (κ2) is 3.30. The number of hydrogen-bond donors (Lipinski definition) is 1. The Morgan fingerprint density at radius 3 is 2.58 bits per heavy atom. The van der Waals surface area contributed by atoms with Gasteiger partial charge in [-0.25, -0.2) is 0 Å². The van der Waals surface area contributed by atoms with E-state index in [1.807, 2.05) is 0 Å². The van der Waals surface area contributed by atoms with E-state index in [1.54, 1.807) is 5.38 Å². The molecule has 2 nitrogen and oxygen atoms in total. The van der Waals surface area contributed by atoms with Crippen LogP contribution in [0.5, 0.6) is 0 Å². The lowest BCUT2D eigenvalue weighted by Crippen LogP contribution is -2.18. The van der Waals surface area contributed by atoms with Gasteiger partial charge < -0.3 is 4.57 Å². The lowest BCUT2D eigenvalue weighted by atomic mass is 10.4. The summed E-state index contributed by atoms with van der Waals surface area (Å²) in [4.78, 5) is 0.152. The Bertz CT molecular complexity index is 298. The fourth-order valence-corrected chi connectivity index (χ4v) is 1.35. The average Bonchev–Trinajstić information content (AvgIpc) is 2.29. The molecule has 1 heterocycles. The molecule has 6 heteroatoms. The topological polar surface area (TPSA) is 28.8 Å². The van der Waals surface area contributed by atoms with Gasteiger partial charge in [0.25, 0.3) is 0 Å². The van der Waals surface area contributed by atoms with Crippen LogP contribution in [-0.4, -0.2) is 10.7 Å². The fraction of sp³-hybridized carbons (Fsp3) is 0.500. The molecule has 0 aliphatic rings. The van der Waals surface area contributed by atoms with E-state index in [-0.39, 0.29) is 11.3 Å². The van der Waals surface area contributed by atoms with Crippen molar-refractivity contribution >= 4 is 11.3 Å². The highest BCUT2D eigenvalue weighted by Gasteiger charge is 2.26. The molecule has 0 fully saturated rings. The van der Waals surface area contributed by atoms with E-state index in [4.69, 9.17) is 5.41 Å². The first-order valence-corrected chi connectivity index (χ1v) is 4.12. The molecular formula is C6H7F3N2S. The van der Waals surface area contributed by atoms with Gasteiger partial charge in [0.2, 0.25) is 0 Å². The van der Waals surface area contributed by atoms with Crippen LogP contribution in [0.4, 0.5) is 13.2 Å². The van der Waals surface area contributed by atoms with Crippen LogP contribution in [0.2, 0.25) is 0 Å². The number of alkyl halides is 3. The van der Waals surface area contributed by atoms with E-state index in [1.165, 1.54) is 10.8 Å². The highest BCUT2D eigenvalue weighted by Crippen LogP contribution is 2.19. The number of nitrogens with one attached hydrogen (secondary N) is 1. The van der Waals surface area contributed by atoms with Gasteiger partial charge in [-0.05, 0) is 0 Å². The highest BCUT2D eigenvalue weighted by molar-refractivity contribution is 7.06. The third kappa shape index (κ3) is 2.69. The van der Waals surface area contributed by atoms with E-state index in [0.717, 1.165) is 11.3 Å². The Balaban J connectivity index is 2.55. The van der Waals surface area contributed by atoms with Crippen molar-refractivity contribution in [3.63, 3.8) is 0 Å². The van der Waals surface area contributed by atoms with Crippen LogP contribution in [0, 0.1) is 5.41 Å². The minimum Gasteiger partial charge on any atom is -0.324 e. The molecule has 0 aromatic carbocycles. The summed E-state index contributed by atoms with van der Waals surface area (Å²) in [6.07, 6.45) is -3.53. The molecular weight excluding hydrogens is 189 g/mol. The molecule has 0 saturated carbocycles. The second-order valence-electron chi connectivity index (χ2n) is 2.27. The van der Waals surface area contributed by atoms with Gasteiger partial charge in [-0.2, -0.15) is 13.2 Å². The van der Waals surface area contributed by atoms with Gasteiger partial charge in [0.15, 0.2) is 4.80 Å². The number of halogens is 3. The molecule has 0 aliphatic heterocycles. The Morgan fingerprint density at radius 2 is 2.17 bits per heavy atom. The Morgan fingerprint density at radius 1 is 1.50 bits per heavy atom. The predicted octanol–water partition coefficient (Wildman–Crippen LogP) is 1.98. The maximum atomic E-state index is 11.7. The van der Waals surface area contributed by atoms with Gasteiger partial charge in [0, 0.05) is 18.1 Å². The van der Waals surface area contributed by atoms with Gasteiger partial charge in [0.05, 0.1) is 6.42 Å². The van der Waals surface area contributed by atoms with Crippen LogP contribution < -0.4 is 4.80 Å². The molecule has 1 aromatic rings. The molecule has 68 valence electrons. The third-order valence-electron chi connectivity index (χ3n) is 1.32. The third-order valence-corrected chi connectivity index (χ3v) is 2.03. The zero-order valence-electron chi connectivity index (χ0n) is 6.06. The minimum atomic E-state index is -4.14. The quantitative estimate of drug-likeness (QED) is 0.749. The monoisotopic (exact) mass is 196 g/mol. The summed E-state index contributed by atoms with van der Waals surface area (Å²) in [5.41, 5.74) is 0. The lowest BCUT2D eigenvalue weighted by Gasteiger charge is -2.05. The lowest BCUT2D eigenvalue weighted by molar-refractivity contribution is -0.136. The SMILES string of the molecule is N=c1sccn1CCC(F)(F)F. The summed E-state index contributed by atoms with van der Waals surface area (Å²) < 4.78 is 36.4. The van der Waals surface area contributed by atoms with E-state index in [2.05, 4.69) is 0 Å². The van der Waals surface area contributed by atoms with Gasteiger partial charge in [-0.1, -0.05) is 0 Å². The van der Waals surface area contributed by atoms with E-state index < -0.39 is 12.6 Å². The predicted molar refractivity (Wildman–Crippen MR) is 38.8 cm³/mol. The summed E-state index contributed by atoms with van der Waals surface area (Å²) in [5, 5.41) is 8.77. The molecule has 0 bridgehead atoms. The Hall–Kier alpha value is -0.780. The molecule has 0 radical (unpaired) electrons. The molecule has 0 atom stereocenters. The molecule has 0 amide bonds. The summed E-state index contributed by atoms with van der Waals surface area (Å²) >= 11 is 1.12. The summed E-state index contributed by atoms with van der Waals surface area (Å²) in [7, 11) is 0. The highest BCUT2D eigenvalue weighted by atomic mass is 32.1. The second-order valence-corrected chi connectivity index (χ2v) is 3.16.